The fraction of sp³-hybridized carbons (Fsp3) is 0.800. The van der Waals surface area contributed by atoms with Gasteiger partial charge in [-0.25, -0.2) is 4.79 Å². The molecule has 0 atom stereocenters. The summed E-state index contributed by atoms with van der Waals surface area (Å²) < 4.78 is 4.72. The Morgan fingerprint density at radius 3 is 2.17 bits per heavy atom. The first-order valence-electron chi connectivity index (χ1n) is 6.92. The van der Waals surface area contributed by atoms with Crippen molar-refractivity contribution in [1.29, 1.82) is 0 Å². The van der Waals surface area contributed by atoms with Crippen molar-refractivity contribution in [2.45, 2.75) is 41.0 Å². The van der Waals surface area contributed by atoms with Crippen molar-refractivity contribution >= 4 is 5.97 Å². The van der Waals surface area contributed by atoms with Gasteiger partial charge >= 0.3 is 5.97 Å². The molecule has 0 fully saturated rings. The maximum atomic E-state index is 11.4. The molecule has 0 amide bonds. The Kier molecular flexibility index (Phi) is 8.73. The van der Waals surface area contributed by atoms with Crippen LogP contribution in [0.3, 0.4) is 0 Å². The van der Waals surface area contributed by atoms with Gasteiger partial charge in [-0.05, 0) is 30.7 Å². The molecule has 3 nitrogen and oxygen atoms in total. The fourth-order valence-electron chi connectivity index (χ4n) is 2.19. The maximum absolute atomic E-state index is 11.4. The molecule has 0 heterocycles. The van der Waals surface area contributed by atoms with Crippen LogP contribution in [0.15, 0.2) is 11.6 Å². The van der Waals surface area contributed by atoms with Gasteiger partial charge in [-0.15, -0.1) is 0 Å². The first kappa shape index (κ1) is 17.2. The van der Waals surface area contributed by atoms with Crippen LogP contribution >= 0.6 is 0 Å². The minimum atomic E-state index is -0.219. The number of ether oxygens (including phenoxy) is 1. The van der Waals surface area contributed by atoms with E-state index in [1.807, 2.05) is 13.0 Å². The Morgan fingerprint density at radius 2 is 1.78 bits per heavy atom. The van der Waals surface area contributed by atoms with E-state index in [0.29, 0.717) is 24.2 Å². The molecule has 106 valence electrons. The van der Waals surface area contributed by atoms with Crippen LogP contribution in [0, 0.1) is 17.8 Å². The van der Waals surface area contributed by atoms with Gasteiger partial charge in [0.05, 0.1) is 7.11 Å². The Bertz CT molecular complexity index is 262. The van der Waals surface area contributed by atoms with Crippen molar-refractivity contribution in [3.8, 4) is 0 Å². The largest absolute Gasteiger partial charge is 0.466 e. The summed E-state index contributed by atoms with van der Waals surface area (Å²) in [4.78, 5) is 11.4. The molecule has 0 spiro atoms. The molecule has 0 aliphatic rings. The third-order valence-corrected chi connectivity index (χ3v) is 3.41. The Balaban J connectivity index is 4.17. The molecule has 0 saturated carbocycles. The number of carbonyl (C=O) groups excluding carboxylic acids is 1. The molecule has 0 radical (unpaired) electrons. The SMILES string of the molecule is CCC(=CCNCC(C(C)C)C(C)C)C(=O)OC. The number of rotatable bonds is 8. The quantitative estimate of drug-likeness (QED) is 0.411. The number of esters is 1. The molecule has 1 N–H and O–H groups in total. The first-order valence-corrected chi connectivity index (χ1v) is 6.92. The molecule has 0 aliphatic heterocycles. The van der Waals surface area contributed by atoms with E-state index in [9.17, 15) is 4.79 Å². The zero-order valence-corrected chi connectivity index (χ0v) is 12.7. The standard InChI is InChI=1S/C15H29NO2/c1-7-13(15(17)18-6)8-9-16-10-14(11(2)3)12(4)5/h8,11-12,14,16H,7,9-10H2,1-6H3. The second-order valence-corrected chi connectivity index (χ2v) is 5.38. The zero-order chi connectivity index (χ0) is 14.1. The highest BCUT2D eigenvalue weighted by Crippen LogP contribution is 2.19. The van der Waals surface area contributed by atoms with Gasteiger partial charge in [0.2, 0.25) is 0 Å². The van der Waals surface area contributed by atoms with Crippen LogP contribution in [-0.2, 0) is 9.53 Å². The number of methoxy groups -OCH3 is 1. The summed E-state index contributed by atoms with van der Waals surface area (Å²) in [5.74, 6) is 1.80. The minimum absolute atomic E-state index is 0.219. The van der Waals surface area contributed by atoms with Gasteiger partial charge in [0.25, 0.3) is 0 Å². The molecular weight excluding hydrogens is 226 g/mol. The molecule has 18 heavy (non-hydrogen) atoms. The van der Waals surface area contributed by atoms with E-state index in [1.54, 1.807) is 0 Å². The highest BCUT2D eigenvalue weighted by molar-refractivity contribution is 5.88. The van der Waals surface area contributed by atoms with E-state index in [-0.39, 0.29) is 5.97 Å². The molecule has 0 aromatic rings. The van der Waals surface area contributed by atoms with Crippen LogP contribution < -0.4 is 5.32 Å². The Hall–Kier alpha value is -0.830. The van der Waals surface area contributed by atoms with E-state index in [1.165, 1.54) is 7.11 Å². The smallest absolute Gasteiger partial charge is 0.333 e. The van der Waals surface area contributed by atoms with E-state index in [4.69, 9.17) is 4.74 Å². The Labute approximate surface area is 112 Å². The van der Waals surface area contributed by atoms with Crippen molar-refractivity contribution in [1.82, 2.24) is 5.32 Å². The summed E-state index contributed by atoms with van der Waals surface area (Å²) >= 11 is 0. The van der Waals surface area contributed by atoms with Gasteiger partial charge in [0.15, 0.2) is 0 Å². The molecule has 0 aliphatic carbocycles. The molecular formula is C15H29NO2. The topological polar surface area (TPSA) is 38.3 Å². The molecule has 0 aromatic heterocycles. The number of carbonyl (C=O) groups is 1. The second-order valence-electron chi connectivity index (χ2n) is 5.38. The Morgan fingerprint density at radius 1 is 1.22 bits per heavy atom. The van der Waals surface area contributed by atoms with Crippen molar-refractivity contribution in [3.05, 3.63) is 11.6 Å². The molecule has 0 rings (SSSR count). The van der Waals surface area contributed by atoms with Gasteiger partial charge in [-0.1, -0.05) is 40.7 Å². The van der Waals surface area contributed by atoms with Crippen molar-refractivity contribution in [2.24, 2.45) is 17.8 Å². The summed E-state index contributed by atoms with van der Waals surface area (Å²) in [5, 5.41) is 3.41. The first-order chi connectivity index (χ1) is 8.43. The molecule has 0 bridgehead atoms. The van der Waals surface area contributed by atoms with Crippen molar-refractivity contribution in [3.63, 3.8) is 0 Å². The van der Waals surface area contributed by atoms with Crippen molar-refractivity contribution < 1.29 is 9.53 Å². The van der Waals surface area contributed by atoms with E-state index in [0.717, 1.165) is 18.7 Å². The molecule has 0 unspecified atom stereocenters. The van der Waals surface area contributed by atoms with Crippen LogP contribution in [0.2, 0.25) is 0 Å². The van der Waals surface area contributed by atoms with Gasteiger partial charge in [-0.2, -0.15) is 0 Å². The minimum Gasteiger partial charge on any atom is -0.466 e. The lowest BCUT2D eigenvalue weighted by Gasteiger charge is -2.24. The van der Waals surface area contributed by atoms with E-state index < -0.39 is 0 Å². The predicted molar refractivity (Wildman–Crippen MR) is 76.4 cm³/mol. The lowest BCUT2D eigenvalue weighted by Crippen LogP contribution is -2.30. The monoisotopic (exact) mass is 255 g/mol. The number of hydrogen-bond acceptors (Lipinski definition) is 3. The van der Waals surface area contributed by atoms with Crippen LogP contribution in [0.1, 0.15) is 41.0 Å². The average Bonchev–Trinajstić information content (AvgIpc) is 2.31. The third kappa shape index (κ3) is 6.20. The van der Waals surface area contributed by atoms with Gasteiger partial charge in [0.1, 0.15) is 0 Å². The highest BCUT2D eigenvalue weighted by atomic mass is 16.5. The fourth-order valence-corrected chi connectivity index (χ4v) is 2.19. The van der Waals surface area contributed by atoms with Crippen LogP contribution in [0.5, 0.6) is 0 Å². The predicted octanol–water partition coefficient (Wildman–Crippen LogP) is 3.01. The van der Waals surface area contributed by atoms with Gasteiger partial charge in [-0.3, -0.25) is 0 Å². The van der Waals surface area contributed by atoms with Gasteiger partial charge in [0, 0.05) is 12.1 Å². The molecule has 0 saturated heterocycles. The number of hydrogen-bond donors (Lipinski definition) is 1. The van der Waals surface area contributed by atoms with Crippen LogP contribution in [-0.4, -0.2) is 26.2 Å². The van der Waals surface area contributed by atoms with Gasteiger partial charge < -0.3 is 10.1 Å². The van der Waals surface area contributed by atoms with Crippen LogP contribution in [0.25, 0.3) is 0 Å². The summed E-state index contributed by atoms with van der Waals surface area (Å²) in [6, 6.07) is 0. The summed E-state index contributed by atoms with van der Waals surface area (Å²) in [6.07, 6.45) is 2.65. The zero-order valence-electron chi connectivity index (χ0n) is 12.7. The summed E-state index contributed by atoms with van der Waals surface area (Å²) in [5.41, 5.74) is 0.746. The highest BCUT2D eigenvalue weighted by Gasteiger charge is 2.16. The lowest BCUT2D eigenvalue weighted by atomic mass is 9.85. The maximum Gasteiger partial charge on any atom is 0.333 e. The third-order valence-electron chi connectivity index (χ3n) is 3.41. The lowest BCUT2D eigenvalue weighted by molar-refractivity contribution is -0.136. The second kappa shape index (κ2) is 9.15. The molecule has 0 aromatic carbocycles. The van der Waals surface area contributed by atoms with Crippen LogP contribution in [0.4, 0.5) is 0 Å². The van der Waals surface area contributed by atoms with Crippen molar-refractivity contribution in [2.75, 3.05) is 20.2 Å². The van der Waals surface area contributed by atoms with E-state index >= 15 is 0 Å². The summed E-state index contributed by atoms with van der Waals surface area (Å²) in [7, 11) is 1.42. The van der Waals surface area contributed by atoms with E-state index in [2.05, 4.69) is 33.0 Å². The molecule has 3 heteroatoms. The average molecular weight is 255 g/mol. The number of nitrogens with one attached hydrogen (secondary N) is 1. The normalized spacial score (nSPS) is 12.6. The summed E-state index contributed by atoms with van der Waals surface area (Å²) in [6.45, 7) is 12.7.